The maximum atomic E-state index is 11.8. The van der Waals surface area contributed by atoms with Crippen LogP contribution < -0.4 is 15.8 Å². The molecule has 0 aromatic heterocycles. The van der Waals surface area contributed by atoms with Gasteiger partial charge in [-0.3, -0.25) is 4.79 Å². The molecule has 4 nitrogen and oxygen atoms in total. The molecule has 108 valence electrons. The Hall–Kier alpha value is -2.11. The van der Waals surface area contributed by atoms with Gasteiger partial charge in [-0.1, -0.05) is 36.0 Å². The summed E-state index contributed by atoms with van der Waals surface area (Å²) in [5.41, 5.74) is 6.80. The van der Waals surface area contributed by atoms with Gasteiger partial charge in [0, 0.05) is 5.56 Å². The molecule has 0 aliphatic carbocycles. The van der Waals surface area contributed by atoms with Crippen LogP contribution in [0.25, 0.3) is 0 Å². The smallest absolute Gasteiger partial charge is 0.262 e. The summed E-state index contributed by atoms with van der Waals surface area (Å²) in [5, 5.41) is 3.15. The largest absolute Gasteiger partial charge is 0.484 e. The Labute approximate surface area is 132 Å². The van der Waals surface area contributed by atoms with E-state index >= 15 is 0 Å². The number of rotatable bonds is 5. The molecule has 0 saturated carbocycles. The van der Waals surface area contributed by atoms with E-state index in [2.05, 4.69) is 5.32 Å². The van der Waals surface area contributed by atoms with Gasteiger partial charge in [-0.25, -0.2) is 0 Å². The van der Waals surface area contributed by atoms with E-state index in [4.69, 9.17) is 34.3 Å². The molecule has 0 saturated heterocycles. The third-order valence-electron chi connectivity index (χ3n) is 2.66. The lowest BCUT2D eigenvalue weighted by Crippen LogP contribution is -2.20. The van der Waals surface area contributed by atoms with E-state index in [-0.39, 0.29) is 12.5 Å². The number of amides is 1. The quantitative estimate of drug-likeness (QED) is 0.831. The fourth-order valence-electron chi connectivity index (χ4n) is 1.61. The highest BCUT2D eigenvalue weighted by molar-refractivity contribution is 7.80. The molecule has 1 amide bonds. The van der Waals surface area contributed by atoms with E-state index in [0.717, 1.165) is 5.56 Å². The maximum absolute atomic E-state index is 11.8. The molecule has 0 radical (unpaired) electrons. The molecule has 0 unspecified atom stereocenters. The zero-order chi connectivity index (χ0) is 15.2. The summed E-state index contributed by atoms with van der Waals surface area (Å²) >= 11 is 10.8. The molecule has 2 rings (SSSR count). The molecule has 0 fully saturated rings. The molecule has 2 aromatic rings. The Balaban J connectivity index is 1.89. The zero-order valence-electron chi connectivity index (χ0n) is 11.0. The lowest BCUT2D eigenvalue weighted by Gasteiger charge is -2.09. The number of ether oxygens (including phenoxy) is 1. The van der Waals surface area contributed by atoms with Gasteiger partial charge in [0.15, 0.2) is 6.61 Å². The molecular weight excluding hydrogens is 308 g/mol. The average molecular weight is 321 g/mol. The van der Waals surface area contributed by atoms with Crippen molar-refractivity contribution in [1.29, 1.82) is 0 Å². The number of thiocarbonyl (C=S) groups is 1. The first-order valence-electron chi connectivity index (χ1n) is 6.13. The van der Waals surface area contributed by atoms with Crippen LogP contribution in [0.5, 0.6) is 5.75 Å². The second kappa shape index (κ2) is 7.06. The molecule has 0 heterocycles. The number of nitrogens with two attached hydrogens (primary N) is 1. The van der Waals surface area contributed by atoms with Crippen molar-refractivity contribution in [3.05, 3.63) is 59.1 Å². The van der Waals surface area contributed by atoms with E-state index in [1.807, 2.05) is 0 Å². The number of anilines is 1. The zero-order valence-corrected chi connectivity index (χ0v) is 12.6. The second-order valence-electron chi connectivity index (χ2n) is 4.21. The van der Waals surface area contributed by atoms with Gasteiger partial charge in [0.2, 0.25) is 0 Å². The molecule has 0 aliphatic heterocycles. The first-order valence-corrected chi connectivity index (χ1v) is 6.92. The Kier molecular flexibility index (Phi) is 5.14. The van der Waals surface area contributed by atoms with Crippen molar-refractivity contribution in [2.75, 3.05) is 11.9 Å². The van der Waals surface area contributed by atoms with Crippen molar-refractivity contribution >= 4 is 40.4 Å². The van der Waals surface area contributed by atoms with Crippen molar-refractivity contribution in [3.63, 3.8) is 0 Å². The first-order chi connectivity index (χ1) is 10.1. The average Bonchev–Trinajstić information content (AvgIpc) is 2.48. The molecule has 0 aliphatic rings. The molecule has 3 N–H and O–H groups in total. The Morgan fingerprint density at radius 2 is 1.86 bits per heavy atom. The topological polar surface area (TPSA) is 64.3 Å². The van der Waals surface area contributed by atoms with Gasteiger partial charge in [-0.2, -0.15) is 0 Å². The molecule has 0 bridgehead atoms. The van der Waals surface area contributed by atoms with Gasteiger partial charge in [-0.15, -0.1) is 0 Å². The molecule has 21 heavy (non-hydrogen) atoms. The predicted molar refractivity (Wildman–Crippen MR) is 87.9 cm³/mol. The number of nitrogens with one attached hydrogen (secondary N) is 1. The van der Waals surface area contributed by atoms with E-state index in [0.29, 0.717) is 21.4 Å². The second-order valence-corrected chi connectivity index (χ2v) is 5.05. The van der Waals surface area contributed by atoms with Crippen molar-refractivity contribution in [1.82, 2.24) is 0 Å². The highest BCUT2D eigenvalue weighted by Gasteiger charge is 2.06. The van der Waals surface area contributed by atoms with Gasteiger partial charge in [0.05, 0.1) is 10.7 Å². The lowest BCUT2D eigenvalue weighted by molar-refractivity contribution is -0.118. The standard InChI is InChI=1S/C15H13ClN2O2S/c16-12-3-1-2-4-13(12)18-14(19)9-20-11-7-5-10(6-8-11)15(17)21/h1-8H,9H2,(H2,17,21)(H,18,19). The normalized spacial score (nSPS) is 9.95. The summed E-state index contributed by atoms with van der Waals surface area (Å²) in [6.45, 7) is -0.113. The first kappa shape index (κ1) is 15.3. The lowest BCUT2D eigenvalue weighted by atomic mass is 10.2. The summed E-state index contributed by atoms with van der Waals surface area (Å²) in [6, 6.07) is 13.9. The van der Waals surface area contributed by atoms with Crippen molar-refractivity contribution < 1.29 is 9.53 Å². The Morgan fingerprint density at radius 3 is 2.48 bits per heavy atom. The van der Waals surface area contributed by atoms with E-state index in [1.165, 1.54) is 0 Å². The fraction of sp³-hybridized carbons (Fsp3) is 0.0667. The van der Waals surface area contributed by atoms with Gasteiger partial charge >= 0.3 is 0 Å². The number of carbonyl (C=O) groups excluding carboxylic acids is 1. The summed E-state index contributed by atoms with van der Waals surface area (Å²) in [5.74, 6) is 0.269. The van der Waals surface area contributed by atoms with Crippen molar-refractivity contribution in [2.24, 2.45) is 5.73 Å². The van der Waals surface area contributed by atoms with E-state index in [1.54, 1.807) is 48.5 Å². The van der Waals surface area contributed by atoms with E-state index < -0.39 is 0 Å². The number of para-hydroxylation sites is 1. The molecule has 0 atom stereocenters. The van der Waals surface area contributed by atoms with Crippen LogP contribution in [-0.4, -0.2) is 17.5 Å². The van der Waals surface area contributed by atoms with Crippen LogP contribution in [0.3, 0.4) is 0 Å². The maximum Gasteiger partial charge on any atom is 0.262 e. The molecule has 0 spiro atoms. The van der Waals surface area contributed by atoms with Crippen LogP contribution in [0.1, 0.15) is 5.56 Å². The van der Waals surface area contributed by atoms with Crippen LogP contribution >= 0.6 is 23.8 Å². The van der Waals surface area contributed by atoms with Gasteiger partial charge in [0.25, 0.3) is 5.91 Å². The SMILES string of the molecule is NC(=S)c1ccc(OCC(=O)Nc2ccccc2Cl)cc1. The van der Waals surface area contributed by atoms with Crippen molar-refractivity contribution in [2.45, 2.75) is 0 Å². The van der Waals surface area contributed by atoms with Gasteiger partial charge in [0.1, 0.15) is 10.7 Å². The van der Waals surface area contributed by atoms with Crippen molar-refractivity contribution in [3.8, 4) is 5.75 Å². The number of carbonyl (C=O) groups is 1. The fourth-order valence-corrected chi connectivity index (χ4v) is 1.93. The highest BCUT2D eigenvalue weighted by atomic mass is 35.5. The van der Waals surface area contributed by atoms with Gasteiger partial charge in [-0.05, 0) is 36.4 Å². The summed E-state index contributed by atoms with van der Waals surface area (Å²) < 4.78 is 5.38. The highest BCUT2D eigenvalue weighted by Crippen LogP contribution is 2.20. The minimum absolute atomic E-state index is 0.113. The molecule has 6 heteroatoms. The number of halogens is 1. The Bertz CT molecular complexity index is 659. The third-order valence-corrected chi connectivity index (χ3v) is 3.22. The molecule has 2 aromatic carbocycles. The summed E-state index contributed by atoms with van der Waals surface area (Å²) in [4.78, 5) is 12.1. The van der Waals surface area contributed by atoms with Crippen LogP contribution in [0, 0.1) is 0 Å². The number of hydrogen-bond donors (Lipinski definition) is 2. The summed E-state index contributed by atoms with van der Waals surface area (Å²) in [7, 11) is 0. The molecular formula is C15H13ClN2O2S. The van der Waals surface area contributed by atoms with Crippen LogP contribution in [0.15, 0.2) is 48.5 Å². The monoisotopic (exact) mass is 320 g/mol. The van der Waals surface area contributed by atoms with E-state index in [9.17, 15) is 4.79 Å². The summed E-state index contributed by atoms with van der Waals surface area (Å²) in [6.07, 6.45) is 0. The van der Waals surface area contributed by atoms with Crippen LogP contribution in [-0.2, 0) is 4.79 Å². The Morgan fingerprint density at radius 1 is 1.19 bits per heavy atom. The van der Waals surface area contributed by atoms with Gasteiger partial charge < -0.3 is 15.8 Å². The van der Waals surface area contributed by atoms with Crippen LogP contribution in [0.2, 0.25) is 5.02 Å². The predicted octanol–water partition coefficient (Wildman–Crippen LogP) is 2.99. The minimum Gasteiger partial charge on any atom is -0.484 e. The van der Waals surface area contributed by atoms with Crippen LogP contribution in [0.4, 0.5) is 5.69 Å². The minimum atomic E-state index is -0.290. The third kappa shape index (κ3) is 4.44. The number of benzene rings is 2. The number of hydrogen-bond acceptors (Lipinski definition) is 3.